The highest BCUT2D eigenvalue weighted by atomic mass is 19.4. The summed E-state index contributed by atoms with van der Waals surface area (Å²) in [6, 6.07) is 8.65. The van der Waals surface area contributed by atoms with Crippen molar-refractivity contribution in [3.8, 4) is 17.0 Å². The molecule has 2 aromatic heterocycles. The minimum atomic E-state index is -4.74. The first kappa shape index (κ1) is 17.6. The fourth-order valence-electron chi connectivity index (χ4n) is 3.08. The highest BCUT2D eigenvalue weighted by Crippen LogP contribution is 2.27. The minimum absolute atomic E-state index is 0.216. The van der Waals surface area contributed by atoms with Crippen molar-refractivity contribution >= 4 is 11.2 Å². The minimum Gasteiger partial charge on any atom is -0.406 e. The van der Waals surface area contributed by atoms with E-state index in [0.717, 1.165) is 6.42 Å². The predicted octanol–water partition coefficient (Wildman–Crippen LogP) is 3.59. The lowest BCUT2D eigenvalue weighted by atomic mass is 10.1. The van der Waals surface area contributed by atoms with Gasteiger partial charge >= 0.3 is 12.1 Å². The molecule has 4 rings (SSSR count). The van der Waals surface area contributed by atoms with Crippen molar-refractivity contribution in [2.75, 3.05) is 13.2 Å². The molecule has 0 amide bonds. The molecule has 0 unspecified atom stereocenters. The van der Waals surface area contributed by atoms with Crippen LogP contribution in [0, 0.1) is 5.92 Å². The molecule has 3 heterocycles. The van der Waals surface area contributed by atoms with E-state index in [9.17, 15) is 18.0 Å². The Morgan fingerprint density at radius 2 is 1.96 bits per heavy atom. The standard InChI is InChI=1S/C18H15F3N2O4/c19-18(20,21)27-13-3-1-12(2-4-13)14-5-6-15-16(22-14)23(17(24)26-15)9-11-7-8-25-10-11/h1-6,11H,7-10H2/t11-/m1/s1. The second-order valence-electron chi connectivity index (χ2n) is 6.30. The van der Waals surface area contributed by atoms with E-state index < -0.39 is 12.1 Å². The molecule has 0 aliphatic carbocycles. The Balaban J connectivity index is 1.65. The van der Waals surface area contributed by atoms with Crippen LogP contribution in [0.3, 0.4) is 0 Å². The molecule has 0 radical (unpaired) electrons. The molecule has 1 fully saturated rings. The van der Waals surface area contributed by atoms with Gasteiger partial charge in [-0.05, 0) is 42.8 Å². The number of benzene rings is 1. The average molecular weight is 380 g/mol. The molecule has 0 N–H and O–H groups in total. The van der Waals surface area contributed by atoms with Crippen LogP contribution in [0.1, 0.15) is 6.42 Å². The zero-order valence-electron chi connectivity index (χ0n) is 14.0. The van der Waals surface area contributed by atoms with Crippen LogP contribution in [-0.2, 0) is 11.3 Å². The molecule has 3 aromatic rings. The van der Waals surface area contributed by atoms with E-state index in [1.54, 1.807) is 12.1 Å². The van der Waals surface area contributed by atoms with E-state index in [1.807, 2.05) is 0 Å². The van der Waals surface area contributed by atoms with Gasteiger partial charge < -0.3 is 13.9 Å². The van der Waals surface area contributed by atoms with Crippen LogP contribution in [0.15, 0.2) is 45.6 Å². The second kappa shape index (κ2) is 6.73. The summed E-state index contributed by atoms with van der Waals surface area (Å²) in [4.78, 5) is 16.6. The third kappa shape index (κ3) is 3.82. The van der Waals surface area contributed by atoms with Gasteiger partial charge in [0.1, 0.15) is 5.75 Å². The number of hydrogen-bond donors (Lipinski definition) is 0. The zero-order valence-corrected chi connectivity index (χ0v) is 14.0. The predicted molar refractivity (Wildman–Crippen MR) is 89.3 cm³/mol. The normalized spacial score (nSPS) is 17.5. The van der Waals surface area contributed by atoms with Gasteiger partial charge in [0, 0.05) is 24.6 Å². The summed E-state index contributed by atoms with van der Waals surface area (Å²) in [5.41, 5.74) is 1.87. The molecule has 9 heteroatoms. The molecule has 0 spiro atoms. The lowest BCUT2D eigenvalue weighted by Crippen LogP contribution is -2.20. The van der Waals surface area contributed by atoms with Gasteiger partial charge in [0.2, 0.25) is 0 Å². The molecular formula is C18H15F3N2O4. The maximum absolute atomic E-state index is 12.3. The van der Waals surface area contributed by atoms with Crippen molar-refractivity contribution in [2.45, 2.75) is 19.3 Å². The maximum Gasteiger partial charge on any atom is 0.573 e. The number of rotatable bonds is 4. The fourth-order valence-corrected chi connectivity index (χ4v) is 3.08. The number of halogens is 3. The van der Waals surface area contributed by atoms with Crippen LogP contribution in [0.25, 0.3) is 22.5 Å². The first-order valence-electron chi connectivity index (χ1n) is 8.33. The van der Waals surface area contributed by atoms with Crippen molar-refractivity contribution < 1.29 is 27.1 Å². The summed E-state index contributed by atoms with van der Waals surface area (Å²) < 4.78 is 52.7. The topological polar surface area (TPSA) is 66.5 Å². The maximum atomic E-state index is 12.3. The van der Waals surface area contributed by atoms with E-state index in [-0.39, 0.29) is 11.7 Å². The summed E-state index contributed by atoms with van der Waals surface area (Å²) >= 11 is 0. The van der Waals surface area contributed by atoms with Gasteiger partial charge in [-0.15, -0.1) is 13.2 Å². The van der Waals surface area contributed by atoms with Crippen molar-refractivity contribution in [1.29, 1.82) is 0 Å². The van der Waals surface area contributed by atoms with E-state index in [4.69, 9.17) is 9.15 Å². The number of alkyl halides is 3. The van der Waals surface area contributed by atoms with E-state index in [1.165, 1.54) is 28.8 Å². The van der Waals surface area contributed by atoms with E-state index >= 15 is 0 Å². The van der Waals surface area contributed by atoms with Gasteiger partial charge in [-0.3, -0.25) is 4.57 Å². The molecule has 0 bridgehead atoms. The van der Waals surface area contributed by atoms with Gasteiger partial charge in [0.05, 0.1) is 12.3 Å². The Morgan fingerprint density at radius 3 is 2.63 bits per heavy atom. The third-order valence-electron chi connectivity index (χ3n) is 4.36. The van der Waals surface area contributed by atoms with Gasteiger partial charge in [0.15, 0.2) is 11.2 Å². The van der Waals surface area contributed by atoms with Gasteiger partial charge in [0.25, 0.3) is 0 Å². The highest BCUT2D eigenvalue weighted by molar-refractivity contribution is 5.73. The molecule has 1 saturated heterocycles. The number of nitrogens with zero attached hydrogens (tertiary/aromatic N) is 2. The molecule has 1 atom stereocenters. The number of ether oxygens (including phenoxy) is 2. The van der Waals surface area contributed by atoms with Crippen LogP contribution in [0.4, 0.5) is 13.2 Å². The monoisotopic (exact) mass is 380 g/mol. The smallest absolute Gasteiger partial charge is 0.406 e. The number of fused-ring (bicyclic) bond motifs is 1. The average Bonchev–Trinajstić information content (AvgIpc) is 3.23. The molecule has 1 aliphatic rings. The van der Waals surface area contributed by atoms with Gasteiger partial charge in [-0.25, -0.2) is 9.78 Å². The summed E-state index contributed by atoms with van der Waals surface area (Å²) in [7, 11) is 0. The summed E-state index contributed by atoms with van der Waals surface area (Å²) in [5, 5.41) is 0. The molecular weight excluding hydrogens is 365 g/mol. The molecule has 1 aromatic carbocycles. The van der Waals surface area contributed by atoms with Crippen LogP contribution in [-0.4, -0.2) is 29.1 Å². The molecule has 142 valence electrons. The van der Waals surface area contributed by atoms with Crippen molar-refractivity contribution in [3.63, 3.8) is 0 Å². The molecule has 1 aliphatic heterocycles. The first-order chi connectivity index (χ1) is 12.9. The lowest BCUT2D eigenvalue weighted by Gasteiger charge is -2.09. The Hall–Kier alpha value is -2.81. The highest BCUT2D eigenvalue weighted by Gasteiger charge is 2.31. The van der Waals surface area contributed by atoms with Crippen LogP contribution >= 0.6 is 0 Å². The second-order valence-corrected chi connectivity index (χ2v) is 6.30. The van der Waals surface area contributed by atoms with E-state index in [0.29, 0.717) is 42.2 Å². The summed E-state index contributed by atoms with van der Waals surface area (Å²) in [5.74, 6) is -0.586. The van der Waals surface area contributed by atoms with Crippen LogP contribution < -0.4 is 10.5 Å². The Kier molecular flexibility index (Phi) is 4.39. The third-order valence-corrected chi connectivity index (χ3v) is 4.36. The lowest BCUT2D eigenvalue weighted by molar-refractivity contribution is -0.274. The van der Waals surface area contributed by atoms with Gasteiger partial charge in [-0.2, -0.15) is 0 Å². The van der Waals surface area contributed by atoms with Crippen molar-refractivity contribution in [2.24, 2.45) is 5.92 Å². The molecule has 27 heavy (non-hydrogen) atoms. The number of pyridine rings is 1. The largest absolute Gasteiger partial charge is 0.573 e. The fraction of sp³-hybridized carbons (Fsp3) is 0.333. The number of aromatic nitrogens is 2. The first-order valence-corrected chi connectivity index (χ1v) is 8.33. The van der Waals surface area contributed by atoms with Crippen molar-refractivity contribution in [1.82, 2.24) is 9.55 Å². The van der Waals surface area contributed by atoms with Gasteiger partial charge in [-0.1, -0.05) is 0 Å². The van der Waals surface area contributed by atoms with E-state index in [2.05, 4.69) is 9.72 Å². The van der Waals surface area contributed by atoms with Crippen LogP contribution in [0.2, 0.25) is 0 Å². The number of oxazole rings is 1. The Bertz CT molecular complexity index is 1000. The SMILES string of the molecule is O=c1oc2ccc(-c3ccc(OC(F)(F)F)cc3)nc2n1C[C@H]1CCOC1. The molecule has 0 saturated carbocycles. The quantitative estimate of drug-likeness (QED) is 0.692. The van der Waals surface area contributed by atoms with Crippen molar-refractivity contribution in [3.05, 3.63) is 46.9 Å². The Morgan fingerprint density at radius 1 is 1.19 bits per heavy atom. The Labute approximate surface area is 151 Å². The van der Waals surface area contributed by atoms with Crippen LogP contribution in [0.5, 0.6) is 5.75 Å². The zero-order chi connectivity index (χ0) is 19.0. The number of hydrogen-bond acceptors (Lipinski definition) is 5. The molecule has 6 nitrogen and oxygen atoms in total. The summed E-state index contributed by atoms with van der Waals surface area (Å²) in [6.07, 6.45) is -3.88. The summed E-state index contributed by atoms with van der Waals surface area (Å²) in [6.45, 7) is 1.69.